The maximum atomic E-state index is 5.82. The molecule has 0 fully saturated rings. The van der Waals surface area contributed by atoms with Gasteiger partial charge in [-0.3, -0.25) is 0 Å². The molecule has 0 saturated heterocycles. The number of aromatic nitrogens is 4. The van der Waals surface area contributed by atoms with Crippen molar-refractivity contribution in [1.29, 1.82) is 0 Å². The molecular formula is C15H17N5. The van der Waals surface area contributed by atoms with Crippen LogP contribution in [0.25, 0.3) is 22.4 Å². The Bertz CT molecular complexity index is 790. The SMILES string of the molecule is Cc1cc(C)c(C)c(-c2nc(N)nc3nc[nH]c23)c1C. The number of nitrogens with two attached hydrogens (primary N) is 1. The van der Waals surface area contributed by atoms with Crippen LogP contribution in [0.4, 0.5) is 5.95 Å². The predicted octanol–water partition coefficient (Wildman–Crippen LogP) is 2.84. The summed E-state index contributed by atoms with van der Waals surface area (Å²) in [7, 11) is 0. The minimum Gasteiger partial charge on any atom is -0.368 e. The first-order valence-electron chi connectivity index (χ1n) is 6.53. The molecule has 0 radical (unpaired) electrons. The van der Waals surface area contributed by atoms with Crippen molar-refractivity contribution < 1.29 is 0 Å². The molecule has 20 heavy (non-hydrogen) atoms. The third-order valence-corrected chi connectivity index (χ3v) is 3.91. The van der Waals surface area contributed by atoms with E-state index < -0.39 is 0 Å². The van der Waals surface area contributed by atoms with Crippen molar-refractivity contribution in [2.45, 2.75) is 27.7 Å². The van der Waals surface area contributed by atoms with E-state index in [0.717, 1.165) is 16.8 Å². The number of rotatable bonds is 1. The number of aryl methyl sites for hydroxylation is 2. The van der Waals surface area contributed by atoms with Crippen LogP contribution in [0.5, 0.6) is 0 Å². The summed E-state index contributed by atoms with van der Waals surface area (Å²) in [6.45, 7) is 8.44. The van der Waals surface area contributed by atoms with Crippen LogP contribution < -0.4 is 5.73 Å². The molecular weight excluding hydrogens is 250 g/mol. The van der Waals surface area contributed by atoms with Crippen molar-refractivity contribution in [2.24, 2.45) is 0 Å². The minimum atomic E-state index is 0.248. The fraction of sp³-hybridized carbons (Fsp3) is 0.267. The Morgan fingerprint density at radius 2 is 1.65 bits per heavy atom. The molecule has 0 unspecified atom stereocenters. The van der Waals surface area contributed by atoms with Crippen molar-refractivity contribution in [3.8, 4) is 11.3 Å². The van der Waals surface area contributed by atoms with Gasteiger partial charge in [-0.25, -0.2) is 9.97 Å². The van der Waals surface area contributed by atoms with Crippen LogP contribution in [-0.2, 0) is 0 Å². The lowest BCUT2D eigenvalue weighted by atomic mass is 9.92. The first kappa shape index (κ1) is 12.6. The van der Waals surface area contributed by atoms with Crippen LogP contribution in [0.15, 0.2) is 12.4 Å². The number of fused-ring (bicyclic) bond motifs is 1. The van der Waals surface area contributed by atoms with E-state index in [1.54, 1.807) is 6.33 Å². The molecule has 3 aromatic rings. The lowest BCUT2D eigenvalue weighted by molar-refractivity contribution is 1.19. The van der Waals surface area contributed by atoms with Gasteiger partial charge < -0.3 is 10.7 Å². The molecule has 2 heterocycles. The smallest absolute Gasteiger partial charge is 0.222 e. The highest BCUT2D eigenvalue weighted by Gasteiger charge is 2.17. The molecule has 0 atom stereocenters. The third-order valence-electron chi connectivity index (χ3n) is 3.91. The average molecular weight is 267 g/mol. The lowest BCUT2D eigenvalue weighted by Crippen LogP contribution is -2.02. The Kier molecular flexibility index (Phi) is 2.71. The number of anilines is 1. The summed E-state index contributed by atoms with van der Waals surface area (Å²) in [5.41, 5.74) is 14.1. The summed E-state index contributed by atoms with van der Waals surface area (Å²) in [5, 5.41) is 0. The maximum absolute atomic E-state index is 5.82. The van der Waals surface area contributed by atoms with Crippen molar-refractivity contribution in [1.82, 2.24) is 19.9 Å². The number of benzene rings is 1. The lowest BCUT2D eigenvalue weighted by Gasteiger charge is -2.15. The first-order valence-corrected chi connectivity index (χ1v) is 6.53. The van der Waals surface area contributed by atoms with Gasteiger partial charge in [0.05, 0.1) is 6.33 Å². The van der Waals surface area contributed by atoms with E-state index in [0.29, 0.717) is 5.65 Å². The number of aromatic amines is 1. The van der Waals surface area contributed by atoms with Crippen LogP contribution in [0.2, 0.25) is 0 Å². The predicted molar refractivity (Wildman–Crippen MR) is 80.5 cm³/mol. The monoisotopic (exact) mass is 267 g/mol. The van der Waals surface area contributed by atoms with Gasteiger partial charge in [0.15, 0.2) is 5.65 Å². The van der Waals surface area contributed by atoms with Crippen molar-refractivity contribution in [3.63, 3.8) is 0 Å². The quantitative estimate of drug-likeness (QED) is 0.710. The zero-order valence-electron chi connectivity index (χ0n) is 12.1. The second kappa shape index (κ2) is 4.30. The van der Waals surface area contributed by atoms with Crippen LogP contribution in [-0.4, -0.2) is 19.9 Å². The first-order chi connectivity index (χ1) is 9.49. The molecule has 5 heteroatoms. The molecule has 1 aromatic carbocycles. The van der Waals surface area contributed by atoms with Gasteiger partial charge in [0.2, 0.25) is 5.95 Å². The third kappa shape index (κ3) is 1.74. The molecule has 0 aliphatic rings. The highest BCUT2D eigenvalue weighted by molar-refractivity contribution is 5.90. The van der Waals surface area contributed by atoms with Crippen molar-refractivity contribution in [2.75, 3.05) is 5.73 Å². The summed E-state index contributed by atoms with van der Waals surface area (Å²) in [6.07, 6.45) is 1.62. The fourth-order valence-electron chi connectivity index (χ4n) is 2.60. The number of imidazole rings is 1. The maximum Gasteiger partial charge on any atom is 0.222 e. The Morgan fingerprint density at radius 1 is 1.00 bits per heavy atom. The van der Waals surface area contributed by atoms with E-state index in [-0.39, 0.29) is 5.95 Å². The Morgan fingerprint density at radius 3 is 2.30 bits per heavy atom. The number of nitrogens with zero attached hydrogens (tertiary/aromatic N) is 3. The van der Waals surface area contributed by atoms with E-state index in [2.05, 4.69) is 53.7 Å². The number of H-pyrrole nitrogens is 1. The number of hydrogen-bond donors (Lipinski definition) is 2. The molecule has 0 aliphatic carbocycles. The molecule has 0 saturated carbocycles. The zero-order valence-corrected chi connectivity index (χ0v) is 12.1. The van der Waals surface area contributed by atoms with Gasteiger partial charge in [0.1, 0.15) is 11.2 Å². The van der Waals surface area contributed by atoms with E-state index in [1.165, 1.54) is 22.3 Å². The van der Waals surface area contributed by atoms with Gasteiger partial charge in [-0.2, -0.15) is 4.98 Å². The zero-order chi connectivity index (χ0) is 14.4. The number of nitrogens with one attached hydrogen (secondary N) is 1. The van der Waals surface area contributed by atoms with Crippen LogP contribution in [0.3, 0.4) is 0 Å². The molecule has 0 bridgehead atoms. The Labute approximate surface area is 117 Å². The minimum absolute atomic E-state index is 0.248. The molecule has 102 valence electrons. The van der Waals surface area contributed by atoms with Crippen molar-refractivity contribution in [3.05, 3.63) is 34.6 Å². The van der Waals surface area contributed by atoms with E-state index >= 15 is 0 Å². The van der Waals surface area contributed by atoms with Crippen molar-refractivity contribution >= 4 is 17.1 Å². The summed E-state index contributed by atoms with van der Waals surface area (Å²) < 4.78 is 0. The highest BCUT2D eigenvalue weighted by atomic mass is 15.1. The summed E-state index contributed by atoms with van der Waals surface area (Å²) in [4.78, 5) is 15.9. The van der Waals surface area contributed by atoms with E-state index in [4.69, 9.17) is 5.73 Å². The largest absolute Gasteiger partial charge is 0.368 e. The average Bonchev–Trinajstić information content (AvgIpc) is 2.84. The van der Waals surface area contributed by atoms with E-state index in [1.807, 2.05) is 0 Å². The van der Waals surface area contributed by atoms with Gasteiger partial charge >= 0.3 is 0 Å². The topological polar surface area (TPSA) is 80.5 Å². The van der Waals surface area contributed by atoms with E-state index in [9.17, 15) is 0 Å². The molecule has 3 N–H and O–H groups in total. The van der Waals surface area contributed by atoms with Gasteiger partial charge in [0, 0.05) is 5.56 Å². The Hall–Kier alpha value is -2.43. The van der Waals surface area contributed by atoms with Gasteiger partial charge in [-0.05, 0) is 49.9 Å². The number of nitrogen functional groups attached to an aromatic ring is 1. The second-order valence-corrected chi connectivity index (χ2v) is 5.17. The Balaban J connectivity index is 2.45. The summed E-state index contributed by atoms with van der Waals surface area (Å²) >= 11 is 0. The highest BCUT2D eigenvalue weighted by Crippen LogP contribution is 2.33. The molecule has 0 spiro atoms. The number of hydrogen-bond acceptors (Lipinski definition) is 4. The molecule has 2 aromatic heterocycles. The fourth-order valence-corrected chi connectivity index (χ4v) is 2.60. The summed E-state index contributed by atoms with van der Waals surface area (Å²) in [6, 6.07) is 2.20. The van der Waals surface area contributed by atoms with Gasteiger partial charge in [-0.1, -0.05) is 6.07 Å². The van der Waals surface area contributed by atoms with Gasteiger partial charge in [0.25, 0.3) is 0 Å². The molecule has 0 aliphatic heterocycles. The molecule has 0 amide bonds. The summed E-state index contributed by atoms with van der Waals surface area (Å²) in [5.74, 6) is 0.248. The normalized spacial score (nSPS) is 11.2. The standard InChI is InChI=1S/C15H17N5/c1-7-5-8(2)10(4)11(9(7)3)12-13-14(18-6-17-13)20-15(16)19-12/h5-6H,1-4H3,(H3,16,17,18,19,20). The van der Waals surface area contributed by atoms with Crippen LogP contribution in [0.1, 0.15) is 22.3 Å². The second-order valence-electron chi connectivity index (χ2n) is 5.17. The van der Waals surface area contributed by atoms with Gasteiger partial charge in [-0.15, -0.1) is 0 Å². The molecule has 5 nitrogen and oxygen atoms in total. The van der Waals surface area contributed by atoms with Crippen LogP contribution >= 0.6 is 0 Å². The molecule has 3 rings (SSSR count). The van der Waals surface area contributed by atoms with Crippen LogP contribution in [0, 0.1) is 27.7 Å².